The Labute approximate surface area is 210 Å². The maximum atomic E-state index is 14.6. The lowest BCUT2D eigenvalue weighted by molar-refractivity contribution is -0.348. The number of aryl methyl sites for hydroxylation is 2. The third kappa shape index (κ3) is 4.37. The summed E-state index contributed by atoms with van der Waals surface area (Å²) in [6.45, 7) is 2.32. The van der Waals surface area contributed by atoms with Gasteiger partial charge >= 0.3 is 18.0 Å². The van der Waals surface area contributed by atoms with Crippen molar-refractivity contribution < 1.29 is 44.7 Å². The molecule has 0 atom stereocenters. The van der Waals surface area contributed by atoms with Crippen molar-refractivity contribution in [2.24, 2.45) is 0 Å². The predicted molar refractivity (Wildman–Crippen MR) is 122 cm³/mol. The molecule has 0 aliphatic carbocycles. The van der Waals surface area contributed by atoms with Gasteiger partial charge in [0.05, 0.1) is 12.1 Å². The van der Waals surface area contributed by atoms with E-state index < -0.39 is 40.9 Å². The van der Waals surface area contributed by atoms with E-state index in [1.165, 1.54) is 11.0 Å². The van der Waals surface area contributed by atoms with Gasteiger partial charge in [-0.1, -0.05) is 30.3 Å². The van der Waals surface area contributed by atoms with Gasteiger partial charge in [-0.25, -0.2) is 8.78 Å². The molecule has 1 aliphatic rings. The van der Waals surface area contributed by atoms with Crippen LogP contribution in [0.15, 0.2) is 54.6 Å². The summed E-state index contributed by atoms with van der Waals surface area (Å²) in [5, 5.41) is 2.27. The maximum absolute atomic E-state index is 14.6. The highest BCUT2D eigenvalue weighted by atomic mass is 19.4. The van der Waals surface area contributed by atoms with E-state index >= 15 is 0 Å². The van der Waals surface area contributed by atoms with E-state index in [-0.39, 0.29) is 35.0 Å². The van der Waals surface area contributed by atoms with Crippen LogP contribution in [0.1, 0.15) is 43.0 Å². The molecule has 0 unspecified atom stereocenters. The van der Waals surface area contributed by atoms with E-state index in [0.717, 1.165) is 31.5 Å². The Bertz CT molecular complexity index is 1410. The minimum absolute atomic E-state index is 0.171. The second-order valence-corrected chi connectivity index (χ2v) is 8.81. The van der Waals surface area contributed by atoms with Gasteiger partial charge in [0.15, 0.2) is 0 Å². The molecule has 0 aromatic heterocycles. The Balaban J connectivity index is 1.66. The van der Waals surface area contributed by atoms with Crippen molar-refractivity contribution in [1.82, 2.24) is 0 Å². The van der Waals surface area contributed by atoms with Crippen molar-refractivity contribution >= 4 is 23.2 Å². The van der Waals surface area contributed by atoms with Crippen molar-refractivity contribution in [3.8, 4) is 0 Å². The molecule has 0 fully saturated rings. The summed E-state index contributed by atoms with van der Waals surface area (Å²) in [4.78, 5) is 27.0. The molecule has 4 rings (SSSR count). The van der Waals surface area contributed by atoms with Crippen molar-refractivity contribution in [3.63, 3.8) is 0 Å². The summed E-state index contributed by atoms with van der Waals surface area (Å²) in [6.07, 6.45) is -12.6. The Morgan fingerprint density at radius 2 is 1.45 bits per heavy atom. The highest BCUT2D eigenvalue weighted by Gasteiger charge is 2.73. The van der Waals surface area contributed by atoms with Gasteiger partial charge in [0.1, 0.15) is 5.82 Å². The van der Waals surface area contributed by atoms with E-state index in [4.69, 9.17) is 0 Å². The first-order valence-corrected chi connectivity index (χ1v) is 11.0. The number of alkyl halides is 7. The number of carbonyl (C=O) groups is 2. The molecule has 0 radical (unpaired) electrons. The quantitative estimate of drug-likeness (QED) is 0.356. The van der Waals surface area contributed by atoms with Gasteiger partial charge in [-0.05, 0) is 54.8 Å². The number of anilines is 2. The largest absolute Gasteiger partial charge is 0.435 e. The molecule has 3 aromatic rings. The van der Waals surface area contributed by atoms with Gasteiger partial charge in [0.2, 0.25) is 0 Å². The summed E-state index contributed by atoms with van der Waals surface area (Å²) in [5.74, 6) is -2.44. The zero-order valence-corrected chi connectivity index (χ0v) is 19.7. The summed E-state index contributed by atoms with van der Waals surface area (Å²) < 4.78 is 108. The van der Waals surface area contributed by atoms with Crippen LogP contribution >= 0.6 is 0 Å². The van der Waals surface area contributed by atoms with Gasteiger partial charge in [-0.3, -0.25) is 9.59 Å². The topological polar surface area (TPSA) is 49.4 Å². The fourth-order valence-electron chi connectivity index (χ4n) is 4.35. The molecule has 12 heteroatoms. The molecule has 38 heavy (non-hydrogen) atoms. The number of carbonyl (C=O) groups excluding carboxylic acids is 2. The SMILES string of the molecule is Cc1cc(C(F)(C(F)(F)F)C(F)(F)F)cc(C)c1NC(=O)c1cc(N2Cc3ccccc3C2=O)ccc1F. The minimum Gasteiger partial charge on any atom is -0.321 e. The highest BCUT2D eigenvalue weighted by molar-refractivity contribution is 6.11. The number of nitrogens with zero attached hydrogens (tertiary/aromatic N) is 1. The van der Waals surface area contributed by atoms with Crippen LogP contribution in [0.2, 0.25) is 0 Å². The average molecular weight is 542 g/mol. The number of hydrogen-bond acceptors (Lipinski definition) is 2. The van der Waals surface area contributed by atoms with E-state index in [9.17, 15) is 44.7 Å². The van der Waals surface area contributed by atoms with Crippen LogP contribution in [0, 0.1) is 19.7 Å². The Hall–Kier alpha value is -3.96. The van der Waals surface area contributed by atoms with Crippen molar-refractivity contribution in [2.75, 3.05) is 10.2 Å². The summed E-state index contributed by atoms with van der Waals surface area (Å²) in [7, 11) is 0. The Morgan fingerprint density at radius 1 is 0.868 bits per heavy atom. The molecule has 0 saturated heterocycles. The number of halogens is 8. The zero-order chi connectivity index (χ0) is 28.2. The predicted octanol–water partition coefficient (Wildman–Crippen LogP) is 7.14. The van der Waals surface area contributed by atoms with Gasteiger partial charge in [-0.15, -0.1) is 0 Å². The van der Waals surface area contributed by atoms with E-state index in [2.05, 4.69) is 5.32 Å². The van der Waals surface area contributed by atoms with Crippen molar-refractivity contribution in [2.45, 2.75) is 38.4 Å². The van der Waals surface area contributed by atoms with Crippen LogP contribution in [-0.4, -0.2) is 24.2 Å². The first kappa shape index (κ1) is 27.1. The fourth-order valence-corrected chi connectivity index (χ4v) is 4.35. The lowest BCUT2D eigenvalue weighted by atomic mass is 9.90. The molecular weight excluding hydrogens is 524 g/mol. The molecule has 1 N–H and O–H groups in total. The number of benzene rings is 3. The summed E-state index contributed by atoms with van der Waals surface area (Å²) in [6, 6.07) is 10.8. The van der Waals surface area contributed by atoms with E-state index in [1.807, 2.05) is 0 Å². The summed E-state index contributed by atoms with van der Waals surface area (Å²) >= 11 is 0. The number of fused-ring (bicyclic) bond motifs is 1. The van der Waals surface area contributed by atoms with Gasteiger partial charge in [-0.2, -0.15) is 26.3 Å². The number of nitrogens with one attached hydrogen (secondary N) is 1. The molecule has 200 valence electrons. The third-order valence-corrected chi connectivity index (χ3v) is 6.28. The normalized spacial score (nSPS) is 14.1. The van der Waals surface area contributed by atoms with Gasteiger partial charge in [0, 0.05) is 22.5 Å². The monoisotopic (exact) mass is 542 g/mol. The van der Waals surface area contributed by atoms with Crippen LogP contribution < -0.4 is 10.2 Å². The number of rotatable bonds is 4. The van der Waals surface area contributed by atoms with E-state index in [0.29, 0.717) is 17.7 Å². The molecule has 0 bridgehead atoms. The molecular formula is C26H18F8N2O2. The van der Waals surface area contributed by atoms with Crippen LogP contribution in [0.5, 0.6) is 0 Å². The van der Waals surface area contributed by atoms with E-state index in [1.54, 1.807) is 24.3 Å². The summed E-state index contributed by atoms with van der Waals surface area (Å²) in [5.41, 5.74) is -7.37. The van der Waals surface area contributed by atoms with Gasteiger partial charge < -0.3 is 10.2 Å². The second-order valence-electron chi connectivity index (χ2n) is 8.81. The molecule has 3 aromatic carbocycles. The minimum atomic E-state index is -6.30. The average Bonchev–Trinajstić information content (AvgIpc) is 3.16. The van der Waals surface area contributed by atoms with Crippen molar-refractivity contribution in [1.29, 1.82) is 0 Å². The fraction of sp³-hybridized carbons (Fsp3) is 0.231. The molecule has 0 spiro atoms. The van der Waals surface area contributed by atoms with Crippen LogP contribution in [0.4, 0.5) is 46.5 Å². The number of hydrogen-bond donors (Lipinski definition) is 1. The van der Waals surface area contributed by atoms with Crippen LogP contribution in [0.25, 0.3) is 0 Å². The standard InChI is InChI=1S/C26H18F8N2O2/c1-13-9-16(24(28,25(29,30)31)26(32,33)34)10-14(2)21(13)35-22(37)19-11-17(7-8-20(19)27)36-12-15-5-3-4-6-18(15)23(36)38/h3-11H,12H2,1-2H3,(H,35,37). The Kier molecular flexibility index (Phi) is 6.49. The second kappa shape index (κ2) is 9.10. The Morgan fingerprint density at radius 3 is 2.00 bits per heavy atom. The smallest absolute Gasteiger partial charge is 0.321 e. The lowest BCUT2D eigenvalue weighted by Gasteiger charge is -2.31. The molecule has 1 heterocycles. The maximum Gasteiger partial charge on any atom is 0.435 e. The van der Waals surface area contributed by atoms with Crippen LogP contribution in [0.3, 0.4) is 0 Å². The third-order valence-electron chi connectivity index (χ3n) is 6.28. The molecule has 0 saturated carbocycles. The van der Waals surface area contributed by atoms with Crippen LogP contribution in [-0.2, 0) is 12.2 Å². The zero-order valence-electron chi connectivity index (χ0n) is 19.7. The molecule has 1 aliphatic heterocycles. The first-order valence-electron chi connectivity index (χ1n) is 11.0. The molecule has 2 amide bonds. The number of amides is 2. The molecule has 4 nitrogen and oxygen atoms in total. The van der Waals surface area contributed by atoms with Gasteiger partial charge in [0.25, 0.3) is 11.8 Å². The van der Waals surface area contributed by atoms with Crippen molar-refractivity contribution in [3.05, 3.63) is 93.8 Å². The first-order chi connectivity index (χ1) is 17.6. The lowest BCUT2D eigenvalue weighted by Crippen LogP contribution is -2.50. The highest BCUT2D eigenvalue weighted by Crippen LogP contribution is 2.53.